The monoisotopic (exact) mass is 278 g/mol. The van der Waals surface area contributed by atoms with E-state index >= 15 is 0 Å². The van der Waals surface area contributed by atoms with E-state index in [1.807, 2.05) is 6.92 Å². The van der Waals surface area contributed by atoms with Crippen LogP contribution in [0.15, 0.2) is 12.3 Å². The third-order valence-corrected chi connectivity index (χ3v) is 3.61. The molecule has 2 heterocycles. The summed E-state index contributed by atoms with van der Waals surface area (Å²) in [7, 11) is 1.66. The number of amides is 1. The van der Waals surface area contributed by atoms with Crippen LogP contribution in [0.5, 0.6) is 0 Å². The van der Waals surface area contributed by atoms with Crippen LogP contribution < -0.4 is 5.32 Å². The van der Waals surface area contributed by atoms with Gasteiger partial charge in [0.05, 0.1) is 4.92 Å². The number of hydrogen-bond donors (Lipinski definition) is 1. The Balaban J connectivity index is 2.39. The van der Waals surface area contributed by atoms with Crippen LogP contribution in [0.3, 0.4) is 0 Å². The van der Waals surface area contributed by atoms with Gasteiger partial charge in [-0.25, -0.2) is 4.98 Å². The zero-order chi connectivity index (χ0) is 14.9. The standard InChI is InChI=1S/C13H18N4O3/c1-8-4-9(2)16(7-8)13(18)10-5-12(14-3)15-6-11(10)17(19)20/h5-6,8-9H,4,7H2,1-3H3,(H,14,15). The average Bonchev–Trinajstić information content (AvgIpc) is 2.76. The number of rotatable bonds is 3. The summed E-state index contributed by atoms with van der Waals surface area (Å²) in [5, 5.41) is 13.9. The first-order chi connectivity index (χ1) is 9.43. The number of anilines is 1. The molecule has 0 aromatic carbocycles. The average molecular weight is 278 g/mol. The van der Waals surface area contributed by atoms with Crippen LogP contribution in [0.25, 0.3) is 0 Å². The largest absolute Gasteiger partial charge is 0.373 e. The number of carbonyl (C=O) groups excluding carboxylic acids is 1. The maximum atomic E-state index is 12.6. The molecule has 1 N–H and O–H groups in total. The van der Waals surface area contributed by atoms with E-state index in [2.05, 4.69) is 17.2 Å². The predicted molar refractivity (Wildman–Crippen MR) is 74.7 cm³/mol. The fourth-order valence-corrected chi connectivity index (χ4v) is 2.64. The predicted octanol–water partition coefficient (Wildman–Crippen LogP) is 1.90. The molecule has 0 saturated carbocycles. The number of carbonyl (C=O) groups is 1. The van der Waals surface area contributed by atoms with Crippen molar-refractivity contribution < 1.29 is 9.72 Å². The van der Waals surface area contributed by atoms with Crippen LogP contribution in [0.4, 0.5) is 11.5 Å². The van der Waals surface area contributed by atoms with Crippen LogP contribution in [0, 0.1) is 16.0 Å². The van der Waals surface area contributed by atoms with Gasteiger partial charge >= 0.3 is 0 Å². The topological polar surface area (TPSA) is 88.4 Å². The Kier molecular flexibility index (Phi) is 3.87. The Labute approximate surface area is 117 Å². The van der Waals surface area contributed by atoms with E-state index in [0.717, 1.165) is 12.6 Å². The number of nitrogens with zero attached hydrogens (tertiary/aromatic N) is 3. The van der Waals surface area contributed by atoms with Gasteiger partial charge in [-0.1, -0.05) is 6.92 Å². The van der Waals surface area contributed by atoms with Crippen LogP contribution >= 0.6 is 0 Å². The molecular formula is C13H18N4O3. The van der Waals surface area contributed by atoms with Gasteiger partial charge in [0.15, 0.2) is 0 Å². The van der Waals surface area contributed by atoms with Crippen molar-refractivity contribution in [2.75, 3.05) is 18.9 Å². The lowest BCUT2D eigenvalue weighted by molar-refractivity contribution is -0.385. The third-order valence-electron chi connectivity index (χ3n) is 3.61. The molecule has 20 heavy (non-hydrogen) atoms. The zero-order valence-electron chi connectivity index (χ0n) is 11.8. The van der Waals surface area contributed by atoms with E-state index in [4.69, 9.17) is 0 Å². The minimum Gasteiger partial charge on any atom is -0.373 e. The Morgan fingerprint density at radius 1 is 1.55 bits per heavy atom. The number of nitrogens with one attached hydrogen (secondary N) is 1. The van der Waals surface area contributed by atoms with Gasteiger partial charge < -0.3 is 10.2 Å². The minimum atomic E-state index is -0.566. The van der Waals surface area contributed by atoms with Crippen molar-refractivity contribution in [1.82, 2.24) is 9.88 Å². The van der Waals surface area contributed by atoms with Gasteiger partial charge in [0.2, 0.25) is 0 Å². The fraction of sp³-hybridized carbons (Fsp3) is 0.538. The molecule has 108 valence electrons. The highest BCUT2D eigenvalue weighted by molar-refractivity contribution is 5.99. The molecule has 7 heteroatoms. The molecule has 1 aromatic heterocycles. The van der Waals surface area contributed by atoms with Crippen LogP contribution in [-0.4, -0.2) is 40.3 Å². The lowest BCUT2D eigenvalue weighted by Gasteiger charge is -2.21. The first kappa shape index (κ1) is 14.2. The van der Waals surface area contributed by atoms with Crippen molar-refractivity contribution in [1.29, 1.82) is 0 Å². The molecule has 1 amide bonds. The maximum Gasteiger partial charge on any atom is 0.300 e. The lowest BCUT2D eigenvalue weighted by Crippen LogP contribution is -2.34. The third kappa shape index (κ3) is 2.56. The zero-order valence-corrected chi connectivity index (χ0v) is 11.8. The Hall–Kier alpha value is -2.18. The summed E-state index contributed by atoms with van der Waals surface area (Å²) in [5.74, 6) is 0.560. The normalized spacial score (nSPS) is 21.9. The van der Waals surface area contributed by atoms with Crippen molar-refractivity contribution in [2.45, 2.75) is 26.3 Å². The molecule has 1 aromatic rings. The van der Waals surface area contributed by atoms with Gasteiger partial charge in [-0.15, -0.1) is 0 Å². The Morgan fingerprint density at radius 2 is 2.25 bits per heavy atom. The quantitative estimate of drug-likeness (QED) is 0.674. The Bertz CT molecular complexity index is 546. The maximum absolute atomic E-state index is 12.6. The van der Waals surface area contributed by atoms with Gasteiger partial charge in [-0.3, -0.25) is 14.9 Å². The van der Waals surface area contributed by atoms with Crippen molar-refractivity contribution in [3.63, 3.8) is 0 Å². The van der Waals surface area contributed by atoms with Gasteiger partial charge in [0, 0.05) is 25.7 Å². The SMILES string of the molecule is CNc1cc(C(=O)N2CC(C)CC2C)c([N+](=O)[O-])cn1. The van der Waals surface area contributed by atoms with E-state index in [-0.39, 0.29) is 23.2 Å². The first-order valence-corrected chi connectivity index (χ1v) is 6.57. The molecule has 1 aliphatic rings. The molecule has 0 spiro atoms. The van der Waals surface area contributed by atoms with Gasteiger partial charge in [0.1, 0.15) is 17.6 Å². The molecule has 0 aliphatic carbocycles. The molecule has 0 bridgehead atoms. The van der Waals surface area contributed by atoms with Crippen molar-refractivity contribution in [2.24, 2.45) is 5.92 Å². The van der Waals surface area contributed by atoms with Crippen LogP contribution in [-0.2, 0) is 0 Å². The second-order valence-electron chi connectivity index (χ2n) is 5.24. The molecule has 2 rings (SSSR count). The lowest BCUT2D eigenvalue weighted by atomic mass is 10.1. The molecule has 1 fully saturated rings. The highest BCUT2D eigenvalue weighted by Gasteiger charge is 2.34. The van der Waals surface area contributed by atoms with Crippen molar-refractivity contribution >= 4 is 17.4 Å². The minimum absolute atomic E-state index is 0.0929. The van der Waals surface area contributed by atoms with Crippen molar-refractivity contribution in [3.8, 4) is 0 Å². The van der Waals surface area contributed by atoms with E-state index in [1.165, 1.54) is 6.07 Å². The summed E-state index contributed by atoms with van der Waals surface area (Å²) in [5.41, 5.74) is -0.156. The molecule has 2 atom stereocenters. The highest BCUT2D eigenvalue weighted by atomic mass is 16.6. The number of pyridine rings is 1. The van der Waals surface area contributed by atoms with E-state index in [0.29, 0.717) is 18.3 Å². The first-order valence-electron chi connectivity index (χ1n) is 6.57. The summed E-state index contributed by atoms with van der Waals surface area (Å²) in [6, 6.07) is 1.54. The summed E-state index contributed by atoms with van der Waals surface area (Å²) in [6.45, 7) is 4.67. The molecular weight excluding hydrogens is 260 g/mol. The van der Waals surface area contributed by atoms with Crippen LogP contribution in [0.1, 0.15) is 30.6 Å². The Morgan fingerprint density at radius 3 is 2.75 bits per heavy atom. The summed E-state index contributed by atoms with van der Waals surface area (Å²) < 4.78 is 0. The van der Waals surface area contributed by atoms with Gasteiger partial charge in [0.25, 0.3) is 11.6 Å². The highest BCUT2D eigenvalue weighted by Crippen LogP contribution is 2.28. The van der Waals surface area contributed by atoms with Crippen LogP contribution in [0.2, 0.25) is 0 Å². The number of hydrogen-bond acceptors (Lipinski definition) is 5. The number of likely N-dealkylation sites (tertiary alicyclic amines) is 1. The van der Waals surface area contributed by atoms with Gasteiger partial charge in [-0.05, 0) is 19.3 Å². The summed E-state index contributed by atoms with van der Waals surface area (Å²) in [4.78, 5) is 28.7. The molecule has 1 aliphatic heterocycles. The summed E-state index contributed by atoms with van der Waals surface area (Å²) in [6.07, 6.45) is 2.05. The fourth-order valence-electron chi connectivity index (χ4n) is 2.64. The summed E-state index contributed by atoms with van der Waals surface area (Å²) >= 11 is 0. The molecule has 2 unspecified atom stereocenters. The molecule has 1 saturated heterocycles. The van der Waals surface area contributed by atoms with E-state index in [1.54, 1.807) is 11.9 Å². The second kappa shape index (κ2) is 5.44. The number of nitro groups is 1. The van der Waals surface area contributed by atoms with Gasteiger partial charge in [-0.2, -0.15) is 0 Å². The molecule has 0 radical (unpaired) electrons. The second-order valence-corrected chi connectivity index (χ2v) is 5.24. The molecule has 7 nitrogen and oxygen atoms in total. The van der Waals surface area contributed by atoms with E-state index in [9.17, 15) is 14.9 Å². The van der Waals surface area contributed by atoms with E-state index < -0.39 is 4.92 Å². The number of aromatic nitrogens is 1. The smallest absolute Gasteiger partial charge is 0.300 e. The van der Waals surface area contributed by atoms with Crippen molar-refractivity contribution in [3.05, 3.63) is 27.9 Å².